The Morgan fingerprint density at radius 3 is 2.74 bits per heavy atom. The Labute approximate surface area is 140 Å². The summed E-state index contributed by atoms with van der Waals surface area (Å²) in [6.45, 7) is 9.67. The minimum Gasteiger partial charge on any atom is -0.384 e. The zero-order valence-electron chi connectivity index (χ0n) is 14.5. The first-order valence-electron chi connectivity index (χ1n) is 9.53. The molecule has 0 aliphatic carbocycles. The first kappa shape index (κ1) is 15.5. The van der Waals surface area contributed by atoms with E-state index in [2.05, 4.69) is 40.7 Å². The van der Waals surface area contributed by atoms with Gasteiger partial charge in [-0.1, -0.05) is 12.1 Å². The minimum atomic E-state index is 0.411. The summed E-state index contributed by atoms with van der Waals surface area (Å²) in [5.41, 5.74) is 4.76. The molecule has 3 aliphatic rings. The Morgan fingerprint density at radius 1 is 1.17 bits per heavy atom. The Balaban J connectivity index is 1.33. The summed E-state index contributed by atoms with van der Waals surface area (Å²) in [7, 11) is 0. The Morgan fingerprint density at radius 2 is 1.96 bits per heavy atom. The molecule has 0 aromatic heterocycles. The van der Waals surface area contributed by atoms with Crippen molar-refractivity contribution in [3.05, 3.63) is 29.3 Å². The van der Waals surface area contributed by atoms with Crippen LogP contribution in [0.25, 0.3) is 0 Å². The maximum Gasteiger partial charge on any atom is 0.0382 e. The maximum absolute atomic E-state index is 3.67. The highest BCUT2D eigenvalue weighted by molar-refractivity contribution is 5.61. The van der Waals surface area contributed by atoms with Gasteiger partial charge in [-0.05, 0) is 94.9 Å². The summed E-state index contributed by atoms with van der Waals surface area (Å²) in [4.78, 5) is 2.72. The average molecular weight is 313 g/mol. The number of anilines is 1. The van der Waals surface area contributed by atoms with Gasteiger partial charge >= 0.3 is 0 Å². The normalized spacial score (nSPS) is 24.6. The third kappa shape index (κ3) is 3.14. The topological polar surface area (TPSA) is 27.3 Å². The van der Waals surface area contributed by atoms with E-state index in [-0.39, 0.29) is 0 Å². The molecule has 0 atom stereocenters. The summed E-state index contributed by atoms with van der Waals surface area (Å²) < 4.78 is 0. The molecule has 2 N–H and O–H groups in total. The van der Waals surface area contributed by atoms with E-state index in [0.29, 0.717) is 5.41 Å². The molecule has 4 rings (SSSR count). The number of piperidine rings is 2. The van der Waals surface area contributed by atoms with Gasteiger partial charge in [-0.2, -0.15) is 0 Å². The molecule has 1 aromatic rings. The van der Waals surface area contributed by atoms with E-state index in [1.807, 2.05) is 0 Å². The SMILES string of the molecule is Cc1ccc2c(c1)NCC21CCN(CCC2CCNCC2)CC1. The van der Waals surface area contributed by atoms with Crippen molar-refractivity contribution in [3.63, 3.8) is 0 Å². The van der Waals surface area contributed by atoms with E-state index in [0.717, 1.165) is 12.5 Å². The number of fused-ring (bicyclic) bond motifs is 2. The lowest BCUT2D eigenvalue weighted by molar-refractivity contribution is 0.155. The second-order valence-corrected chi connectivity index (χ2v) is 8.01. The monoisotopic (exact) mass is 313 g/mol. The lowest BCUT2D eigenvalue weighted by Crippen LogP contribution is -2.44. The van der Waals surface area contributed by atoms with Gasteiger partial charge in [-0.15, -0.1) is 0 Å². The highest BCUT2D eigenvalue weighted by Gasteiger charge is 2.41. The number of rotatable bonds is 3. The lowest BCUT2D eigenvalue weighted by atomic mass is 9.74. The standard InChI is InChI=1S/C20H31N3/c1-16-2-3-18-19(14-16)22-15-20(18)7-12-23(13-8-20)11-6-17-4-9-21-10-5-17/h2-3,14,17,21-22H,4-13,15H2,1H3. The molecule has 0 saturated carbocycles. The second kappa shape index (κ2) is 6.45. The molecule has 2 saturated heterocycles. The Hall–Kier alpha value is -1.06. The quantitative estimate of drug-likeness (QED) is 0.898. The van der Waals surface area contributed by atoms with E-state index in [1.165, 1.54) is 76.1 Å². The number of likely N-dealkylation sites (tertiary alicyclic amines) is 1. The van der Waals surface area contributed by atoms with E-state index in [9.17, 15) is 0 Å². The van der Waals surface area contributed by atoms with Crippen LogP contribution in [0.2, 0.25) is 0 Å². The van der Waals surface area contributed by atoms with Crippen molar-refractivity contribution in [2.45, 2.75) is 44.4 Å². The van der Waals surface area contributed by atoms with Crippen molar-refractivity contribution in [3.8, 4) is 0 Å². The predicted molar refractivity (Wildman–Crippen MR) is 97.2 cm³/mol. The molecule has 0 unspecified atom stereocenters. The van der Waals surface area contributed by atoms with Crippen LogP contribution >= 0.6 is 0 Å². The highest BCUT2D eigenvalue weighted by Crippen LogP contribution is 2.44. The van der Waals surface area contributed by atoms with Crippen molar-refractivity contribution < 1.29 is 0 Å². The van der Waals surface area contributed by atoms with Crippen LogP contribution in [0.15, 0.2) is 18.2 Å². The van der Waals surface area contributed by atoms with Gasteiger partial charge in [0.2, 0.25) is 0 Å². The van der Waals surface area contributed by atoms with Gasteiger partial charge in [0, 0.05) is 17.6 Å². The summed E-state index contributed by atoms with van der Waals surface area (Å²) in [5, 5.41) is 7.15. The van der Waals surface area contributed by atoms with Crippen LogP contribution < -0.4 is 10.6 Å². The van der Waals surface area contributed by atoms with Crippen molar-refractivity contribution in [1.82, 2.24) is 10.2 Å². The molecule has 0 amide bonds. The van der Waals surface area contributed by atoms with Crippen molar-refractivity contribution >= 4 is 5.69 Å². The van der Waals surface area contributed by atoms with Gasteiger partial charge in [-0.25, -0.2) is 0 Å². The molecule has 2 fully saturated rings. The number of nitrogens with one attached hydrogen (secondary N) is 2. The third-order valence-corrected chi connectivity index (χ3v) is 6.49. The van der Waals surface area contributed by atoms with E-state index < -0.39 is 0 Å². The number of benzene rings is 1. The van der Waals surface area contributed by atoms with Crippen LogP contribution in [-0.2, 0) is 5.41 Å². The molecule has 23 heavy (non-hydrogen) atoms. The molecule has 3 heterocycles. The van der Waals surface area contributed by atoms with Gasteiger partial charge in [0.05, 0.1) is 0 Å². The van der Waals surface area contributed by atoms with Crippen LogP contribution in [-0.4, -0.2) is 44.2 Å². The van der Waals surface area contributed by atoms with E-state index >= 15 is 0 Å². The first-order valence-corrected chi connectivity index (χ1v) is 9.53. The average Bonchev–Trinajstić information content (AvgIpc) is 2.93. The molecular weight excluding hydrogens is 282 g/mol. The molecule has 0 radical (unpaired) electrons. The van der Waals surface area contributed by atoms with Crippen molar-refractivity contribution in [2.24, 2.45) is 5.92 Å². The fourth-order valence-corrected chi connectivity index (χ4v) is 4.81. The van der Waals surface area contributed by atoms with Gasteiger partial charge in [-0.3, -0.25) is 0 Å². The van der Waals surface area contributed by atoms with Gasteiger partial charge in [0.1, 0.15) is 0 Å². The smallest absolute Gasteiger partial charge is 0.0382 e. The van der Waals surface area contributed by atoms with Crippen LogP contribution in [0.4, 0.5) is 5.69 Å². The van der Waals surface area contributed by atoms with Crippen molar-refractivity contribution in [1.29, 1.82) is 0 Å². The Kier molecular flexibility index (Phi) is 4.33. The largest absolute Gasteiger partial charge is 0.384 e. The number of hydrogen-bond acceptors (Lipinski definition) is 3. The molecule has 1 spiro atoms. The lowest BCUT2D eigenvalue weighted by Gasteiger charge is -2.40. The van der Waals surface area contributed by atoms with Crippen LogP contribution in [0.3, 0.4) is 0 Å². The molecule has 1 aromatic carbocycles. The number of aryl methyl sites for hydroxylation is 1. The summed E-state index contributed by atoms with van der Waals surface area (Å²) in [5.74, 6) is 0.962. The number of hydrogen-bond donors (Lipinski definition) is 2. The zero-order valence-corrected chi connectivity index (χ0v) is 14.5. The molecule has 3 heteroatoms. The first-order chi connectivity index (χ1) is 11.3. The molecule has 0 bridgehead atoms. The zero-order chi connectivity index (χ0) is 15.7. The predicted octanol–water partition coefficient (Wildman–Crippen LogP) is 3.14. The molecular formula is C20H31N3. The minimum absolute atomic E-state index is 0.411. The second-order valence-electron chi connectivity index (χ2n) is 8.01. The van der Waals surface area contributed by atoms with Gasteiger partial charge < -0.3 is 15.5 Å². The third-order valence-electron chi connectivity index (χ3n) is 6.49. The molecule has 3 nitrogen and oxygen atoms in total. The van der Waals surface area contributed by atoms with Crippen LogP contribution in [0, 0.1) is 12.8 Å². The number of nitrogens with zero attached hydrogens (tertiary/aromatic N) is 1. The fourth-order valence-electron chi connectivity index (χ4n) is 4.81. The Bertz CT molecular complexity index is 540. The van der Waals surface area contributed by atoms with Crippen molar-refractivity contribution in [2.75, 3.05) is 44.6 Å². The summed E-state index contributed by atoms with van der Waals surface area (Å²) >= 11 is 0. The summed E-state index contributed by atoms with van der Waals surface area (Å²) in [6, 6.07) is 7.00. The summed E-state index contributed by atoms with van der Waals surface area (Å²) in [6.07, 6.45) is 6.82. The van der Waals surface area contributed by atoms with E-state index in [4.69, 9.17) is 0 Å². The highest BCUT2D eigenvalue weighted by atomic mass is 15.1. The van der Waals surface area contributed by atoms with Crippen LogP contribution in [0.1, 0.15) is 43.2 Å². The van der Waals surface area contributed by atoms with E-state index in [1.54, 1.807) is 5.56 Å². The molecule has 126 valence electrons. The maximum atomic E-state index is 3.67. The fraction of sp³-hybridized carbons (Fsp3) is 0.700. The van der Waals surface area contributed by atoms with Gasteiger partial charge in [0.25, 0.3) is 0 Å². The van der Waals surface area contributed by atoms with Gasteiger partial charge in [0.15, 0.2) is 0 Å². The van der Waals surface area contributed by atoms with Crippen LogP contribution in [0.5, 0.6) is 0 Å². The molecule has 3 aliphatic heterocycles.